The van der Waals surface area contributed by atoms with E-state index < -0.39 is 29.4 Å². The Bertz CT molecular complexity index is 446. The number of hydrogen-bond acceptors (Lipinski definition) is 4. The van der Waals surface area contributed by atoms with E-state index in [1.165, 1.54) is 0 Å². The van der Waals surface area contributed by atoms with E-state index in [2.05, 4.69) is 0 Å². The lowest BCUT2D eigenvalue weighted by molar-refractivity contribution is -0.467. The average Bonchev–Trinajstić information content (AvgIpc) is 2.28. The van der Waals surface area contributed by atoms with Gasteiger partial charge in [-0.1, -0.05) is 30.3 Å². The summed E-state index contributed by atoms with van der Waals surface area (Å²) in [6, 6.07) is 7.60. The molecule has 0 saturated heterocycles. The van der Waals surface area contributed by atoms with Crippen molar-refractivity contribution in [1.29, 1.82) is 0 Å². The van der Waals surface area contributed by atoms with Gasteiger partial charge in [-0.25, -0.2) is 4.79 Å². The number of benzene rings is 1. The number of Topliss-reactive ketones (excluding diaryl/α,β-unsaturated/α-hetero) is 1. The molecule has 7 heteroatoms. The second-order valence-corrected chi connectivity index (χ2v) is 3.65. The van der Waals surface area contributed by atoms with E-state index in [0.717, 1.165) is 5.56 Å². The van der Waals surface area contributed by atoms with Gasteiger partial charge < -0.3 is 10.4 Å². The average molecular weight is 252 g/mol. The highest BCUT2D eigenvalue weighted by Crippen LogP contribution is 2.04. The van der Waals surface area contributed by atoms with E-state index in [-0.39, 0.29) is 6.42 Å². The number of amides is 1. The number of carbonyl (C=O) groups is 2. The highest BCUT2D eigenvalue weighted by Gasteiger charge is 2.24. The molecule has 1 rings (SSSR count). The van der Waals surface area contributed by atoms with Crippen molar-refractivity contribution in [3.8, 4) is 0 Å². The van der Waals surface area contributed by atoms with Crippen LogP contribution in [-0.2, 0) is 11.2 Å². The predicted molar refractivity (Wildman–Crippen MR) is 62.0 cm³/mol. The number of nitrogens with one attached hydrogen (secondary N) is 1. The van der Waals surface area contributed by atoms with E-state index >= 15 is 0 Å². The lowest BCUT2D eigenvalue weighted by Gasteiger charge is -2.13. The number of nitro groups is 1. The summed E-state index contributed by atoms with van der Waals surface area (Å²) in [6.45, 7) is -0.891. The minimum atomic E-state index is -1.38. The quantitative estimate of drug-likeness (QED) is 0.572. The third kappa shape index (κ3) is 4.60. The molecule has 0 aliphatic heterocycles. The van der Waals surface area contributed by atoms with E-state index in [9.17, 15) is 19.7 Å². The zero-order chi connectivity index (χ0) is 13.5. The van der Waals surface area contributed by atoms with Crippen LogP contribution in [-0.4, -0.2) is 34.5 Å². The van der Waals surface area contributed by atoms with Crippen LogP contribution < -0.4 is 5.32 Å². The van der Waals surface area contributed by atoms with Crippen LogP contribution in [0.25, 0.3) is 0 Å². The predicted octanol–water partition coefficient (Wildman–Crippen LogP) is 0.711. The topological polar surface area (TPSA) is 110 Å². The first-order chi connectivity index (χ1) is 8.49. The molecule has 0 unspecified atom stereocenters. The van der Waals surface area contributed by atoms with Gasteiger partial charge in [0.05, 0.1) is 0 Å². The maximum atomic E-state index is 11.5. The summed E-state index contributed by atoms with van der Waals surface area (Å²) in [5.74, 6) is -0.758. The highest BCUT2D eigenvalue weighted by molar-refractivity contribution is 5.88. The molecule has 1 aromatic carbocycles. The molecule has 0 aliphatic rings. The van der Waals surface area contributed by atoms with Gasteiger partial charge in [0, 0.05) is 11.3 Å². The molecule has 0 bridgehead atoms. The number of rotatable bonds is 6. The van der Waals surface area contributed by atoms with Gasteiger partial charge in [0.1, 0.15) is 6.04 Å². The molecule has 1 amide bonds. The minimum absolute atomic E-state index is 0.0970. The largest absolute Gasteiger partial charge is 0.465 e. The molecule has 0 aliphatic carbocycles. The van der Waals surface area contributed by atoms with Crippen molar-refractivity contribution in [1.82, 2.24) is 5.32 Å². The molecule has 1 aromatic rings. The number of carboxylic acid groups (broad SMARTS) is 1. The first-order valence-corrected chi connectivity index (χ1v) is 5.17. The zero-order valence-corrected chi connectivity index (χ0v) is 9.41. The third-order valence-electron chi connectivity index (χ3n) is 2.25. The number of nitrogens with zero attached hydrogens (tertiary/aromatic N) is 1. The fourth-order valence-corrected chi connectivity index (χ4v) is 1.48. The Morgan fingerprint density at radius 1 is 1.33 bits per heavy atom. The van der Waals surface area contributed by atoms with Crippen molar-refractivity contribution in [2.24, 2.45) is 0 Å². The molecule has 7 nitrogen and oxygen atoms in total. The lowest BCUT2D eigenvalue weighted by Crippen LogP contribution is -2.44. The summed E-state index contributed by atoms with van der Waals surface area (Å²) in [6.07, 6.45) is -1.28. The number of hydrogen-bond donors (Lipinski definition) is 2. The molecule has 0 aromatic heterocycles. The van der Waals surface area contributed by atoms with Gasteiger partial charge in [-0.05, 0) is 5.56 Å². The first kappa shape index (κ1) is 13.6. The molecule has 0 radical (unpaired) electrons. The maximum Gasteiger partial charge on any atom is 0.405 e. The van der Waals surface area contributed by atoms with Gasteiger partial charge in [0.25, 0.3) is 6.54 Å². The van der Waals surface area contributed by atoms with Crippen LogP contribution in [0.3, 0.4) is 0 Å². The summed E-state index contributed by atoms with van der Waals surface area (Å²) < 4.78 is 0. The standard InChI is InChI=1S/C11H12N2O5/c14-10(7-13(17)18)9(12-11(15)16)6-8-4-2-1-3-5-8/h1-5,9,12H,6-7H2,(H,15,16)/t9-/m0/s1. The van der Waals surface area contributed by atoms with Gasteiger partial charge in [-0.15, -0.1) is 0 Å². The van der Waals surface area contributed by atoms with Gasteiger partial charge in [-0.2, -0.15) is 0 Å². The third-order valence-corrected chi connectivity index (χ3v) is 2.25. The Labute approximate surface area is 103 Å². The fourth-order valence-electron chi connectivity index (χ4n) is 1.48. The lowest BCUT2D eigenvalue weighted by atomic mass is 10.0. The first-order valence-electron chi connectivity index (χ1n) is 5.17. The van der Waals surface area contributed by atoms with Gasteiger partial charge in [-0.3, -0.25) is 14.9 Å². The highest BCUT2D eigenvalue weighted by atomic mass is 16.6. The van der Waals surface area contributed by atoms with Crippen molar-refractivity contribution in [3.63, 3.8) is 0 Å². The minimum Gasteiger partial charge on any atom is -0.465 e. The SMILES string of the molecule is O=C(O)N[C@@H](Cc1ccccc1)C(=O)C[N+](=O)[O-]. The van der Waals surface area contributed by atoms with Crippen molar-refractivity contribution in [2.75, 3.05) is 6.54 Å². The normalized spacial score (nSPS) is 11.6. The monoisotopic (exact) mass is 252 g/mol. The number of ketones is 1. The van der Waals surface area contributed by atoms with Gasteiger partial charge in [0.2, 0.25) is 5.78 Å². The zero-order valence-electron chi connectivity index (χ0n) is 9.41. The molecule has 0 spiro atoms. The van der Waals surface area contributed by atoms with Crippen molar-refractivity contribution in [3.05, 3.63) is 46.0 Å². The summed E-state index contributed by atoms with van der Waals surface area (Å²) in [7, 11) is 0. The fraction of sp³-hybridized carbons (Fsp3) is 0.273. The number of carbonyl (C=O) groups excluding carboxylic acids is 1. The van der Waals surface area contributed by atoms with Crippen LogP contribution in [0.1, 0.15) is 5.56 Å². The molecule has 1 atom stereocenters. The molecule has 0 saturated carbocycles. The molecular weight excluding hydrogens is 240 g/mol. The van der Waals surface area contributed by atoms with Crippen LogP contribution in [0.15, 0.2) is 30.3 Å². The summed E-state index contributed by atoms with van der Waals surface area (Å²) in [5.41, 5.74) is 0.730. The molecule has 0 heterocycles. The van der Waals surface area contributed by atoms with E-state index in [1.807, 2.05) is 5.32 Å². The van der Waals surface area contributed by atoms with Crippen molar-refractivity contribution >= 4 is 11.9 Å². The van der Waals surface area contributed by atoms with Gasteiger partial charge >= 0.3 is 6.09 Å². The Hall–Kier alpha value is -2.44. The molecular formula is C11H12N2O5. The molecule has 0 fully saturated rings. The van der Waals surface area contributed by atoms with Crippen LogP contribution >= 0.6 is 0 Å². The summed E-state index contributed by atoms with van der Waals surface area (Å²) in [4.78, 5) is 31.6. The van der Waals surface area contributed by atoms with Crippen LogP contribution in [0, 0.1) is 10.1 Å². The Morgan fingerprint density at radius 2 is 1.94 bits per heavy atom. The molecule has 18 heavy (non-hydrogen) atoms. The smallest absolute Gasteiger partial charge is 0.405 e. The van der Waals surface area contributed by atoms with E-state index in [1.54, 1.807) is 30.3 Å². The van der Waals surface area contributed by atoms with E-state index in [0.29, 0.717) is 0 Å². The Morgan fingerprint density at radius 3 is 2.44 bits per heavy atom. The van der Waals surface area contributed by atoms with Crippen LogP contribution in [0.5, 0.6) is 0 Å². The van der Waals surface area contributed by atoms with Gasteiger partial charge in [0.15, 0.2) is 0 Å². The summed E-state index contributed by atoms with van der Waals surface area (Å²) >= 11 is 0. The second-order valence-electron chi connectivity index (χ2n) is 3.65. The second kappa shape index (κ2) is 6.33. The van der Waals surface area contributed by atoms with Crippen molar-refractivity contribution in [2.45, 2.75) is 12.5 Å². The molecule has 96 valence electrons. The van der Waals surface area contributed by atoms with Crippen LogP contribution in [0.2, 0.25) is 0 Å². The van der Waals surface area contributed by atoms with Crippen LogP contribution in [0.4, 0.5) is 4.79 Å². The van der Waals surface area contributed by atoms with E-state index in [4.69, 9.17) is 5.11 Å². The summed E-state index contributed by atoms with van der Waals surface area (Å²) in [5, 5.41) is 20.9. The maximum absolute atomic E-state index is 11.5. The molecule has 2 N–H and O–H groups in total. The Balaban J connectivity index is 2.75. The Kier molecular flexibility index (Phi) is 4.79. The van der Waals surface area contributed by atoms with Crippen molar-refractivity contribution < 1.29 is 19.6 Å².